The van der Waals surface area contributed by atoms with E-state index in [0.29, 0.717) is 17.4 Å². The molecule has 3 rings (SSSR count). The smallest absolute Gasteiger partial charge is 0.162 e. The van der Waals surface area contributed by atoms with Crippen LogP contribution in [0, 0.1) is 13.8 Å². The minimum absolute atomic E-state index is 0.0729. The van der Waals surface area contributed by atoms with Crippen LogP contribution in [-0.2, 0) is 0 Å². The number of nitrogens with zero attached hydrogens (tertiary/aromatic N) is 2. The van der Waals surface area contributed by atoms with Crippen LogP contribution in [0.15, 0.2) is 36.4 Å². The number of phenolic OH excluding ortho intramolecular Hbond substituents is 1. The molecule has 5 heteroatoms. The van der Waals surface area contributed by atoms with Crippen LogP contribution in [0.25, 0.3) is 10.9 Å². The van der Waals surface area contributed by atoms with Crippen molar-refractivity contribution in [3.05, 3.63) is 53.3 Å². The van der Waals surface area contributed by atoms with E-state index in [1.807, 2.05) is 13.0 Å². The van der Waals surface area contributed by atoms with Crippen LogP contribution in [0.5, 0.6) is 11.5 Å². The van der Waals surface area contributed by atoms with E-state index in [1.165, 1.54) is 18.2 Å². The molecule has 1 heterocycles. The van der Waals surface area contributed by atoms with Crippen LogP contribution in [0.1, 0.15) is 29.9 Å². The second-order valence-corrected chi connectivity index (χ2v) is 5.94. The zero-order valence-electron chi connectivity index (χ0n) is 14.3. The molecule has 2 aromatic carbocycles. The molecular formula is C19H21N3O2. The third kappa shape index (κ3) is 3.11. The van der Waals surface area contributed by atoms with Crippen LogP contribution in [0.3, 0.4) is 0 Å². The third-order valence-corrected chi connectivity index (χ3v) is 4.00. The first-order valence-electron chi connectivity index (χ1n) is 7.86. The highest BCUT2D eigenvalue weighted by Crippen LogP contribution is 2.34. The number of hydrogen-bond acceptors (Lipinski definition) is 5. The molecule has 0 aliphatic heterocycles. The lowest BCUT2D eigenvalue weighted by Crippen LogP contribution is -2.09. The maximum atomic E-state index is 10.1. The van der Waals surface area contributed by atoms with Crippen molar-refractivity contribution in [3.8, 4) is 11.5 Å². The lowest BCUT2D eigenvalue weighted by molar-refractivity contribution is 0.374. The Hall–Kier alpha value is -2.82. The summed E-state index contributed by atoms with van der Waals surface area (Å²) >= 11 is 0. The van der Waals surface area contributed by atoms with Crippen molar-refractivity contribution < 1.29 is 9.84 Å². The highest BCUT2D eigenvalue weighted by Gasteiger charge is 2.13. The van der Waals surface area contributed by atoms with Crippen molar-refractivity contribution in [2.24, 2.45) is 0 Å². The van der Waals surface area contributed by atoms with Gasteiger partial charge in [-0.2, -0.15) is 0 Å². The van der Waals surface area contributed by atoms with Gasteiger partial charge in [-0.1, -0.05) is 29.8 Å². The Bertz CT molecular complexity index is 893. The van der Waals surface area contributed by atoms with E-state index < -0.39 is 0 Å². The number of methoxy groups -OCH3 is 1. The Labute approximate surface area is 141 Å². The standard InChI is InChI=1S/C19H21N3O2/c1-11-6-5-7-14(8-11)12(2)20-19-15-9-17(23)18(24-4)10-16(15)21-13(3)22-19/h5-10,12,23H,1-4H3,(H,20,21,22)/t12-/m1/s1. The van der Waals surface area contributed by atoms with Crippen LogP contribution < -0.4 is 10.1 Å². The number of aryl methyl sites for hydroxylation is 2. The van der Waals surface area contributed by atoms with Crippen LogP contribution in [-0.4, -0.2) is 22.2 Å². The van der Waals surface area contributed by atoms with Gasteiger partial charge in [-0.25, -0.2) is 9.97 Å². The zero-order valence-corrected chi connectivity index (χ0v) is 14.3. The van der Waals surface area contributed by atoms with Crippen molar-refractivity contribution in [1.29, 1.82) is 0 Å². The molecule has 0 aliphatic rings. The van der Waals surface area contributed by atoms with Gasteiger partial charge in [0.1, 0.15) is 11.6 Å². The Morgan fingerprint density at radius 3 is 2.62 bits per heavy atom. The monoisotopic (exact) mass is 323 g/mol. The molecular weight excluding hydrogens is 302 g/mol. The van der Waals surface area contributed by atoms with Crippen LogP contribution in [0.4, 0.5) is 5.82 Å². The van der Waals surface area contributed by atoms with Gasteiger partial charge >= 0.3 is 0 Å². The SMILES string of the molecule is COc1cc2nc(C)nc(N[C@H](C)c3cccc(C)c3)c2cc1O. The van der Waals surface area contributed by atoms with E-state index in [1.54, 1.807) is 12.1 Å². The second kappa shape index (κ2) is 6.35. The Kier molecular flexibility index (Phi) is 4.25. The molecule has 1 atom stereocenters. The van der Waals surface area contributed by atoms with Crippen LogP contribution in [0.2, 0.25) is 0 Å². The zero-order chi connectivity index (χ0) is 17.3. The Morgan fingerprint density at radius 1 is 1.12 bits per heavy atom. The summed E-state index contributed by atoms with van der Waals surface area (Å²) in [5.74, 6) is 1.83. The number of anilines is 1. The summed E-state index contributed by atoms with van der Waals surface area (Å²) in [5.41, 5.74) is 3.13. The van der Waals surface area contributed by atoms with Gasteiger partial charge in [0.25, 0.3) is 0 Å². The topological polar surface area (TPSA) is 67.3 Å². The molecule has 5 nitrogen and oxygen atoms in total. The van der Waals surface area contributed by atoms with Gasteiger partial charge < -0.3 is 15.2 Å². The fourth-order valence-electron chi connectivity index (χ4n) is 2.76. The number of hydrogen-bond donors (Lipinski definition) is 2. The number of aromatic hydroxyl groups is 1. The number of fused-ring (bicyclic) bond motifs is 1. The predicted octanol–water partition coefficient (Wildman–Crippen LogP) is 4.13. The fourth-order valence-corrected chi connectivity index (χ4v) is 2.76. The maximum Gasteiger partial charge on any atom is 0.162 e. The fraction of sp³-hybridized carbons (Fsp3) is 0.263. The highest BCUT2D eigenvalue weighted by atomic mass is 16.5. The first-order chi connectivity index (χ1) is 11.5. The molecule has 2 N–H and O–H groups in total. The average Bonchev–Trinajstić information content (AvgIpc) is 2.55. The van der Waals surface area contributed by atoms with Gasteiger partial charge in [-0.15, -0.1) is 0 Å². The average molecular weight is 323 g/mol. The first-order valence-corrected chi connectivity index (χ1v) is 7.86. The van der Waals surface area contributed by atoms with Gasteiger partial charge in [-0.05, 0) is 32.4 Å². The van der Waals surface area contributed by atoms with Crippen LogP contribution >= 0.6 is 0 Å². The minimum Gasteiger partial charge on any atom is -0.504 e. The van der Waals surface area contributed by atoms with Crippen molar-refractivity contribution in [1.82, 2.24) is 9.97 Å². The molecule has 24 heavy (non-hydrogen) atoms. The van der Waals surface area contributed by atoms with Crippen molar-refractivity contribution in [2.75, 3.05) is 12.4 Å². The summed E-state index contributed by atoms with van der Waals surface area (Å²) in [5, 5.41) is 14.3. The van der Waals surface area contributed by atoms with E-state index in [9.17, 15) is 5.11 Å². The van der Waals surface area contributed by atoms with Gasteiger partial charge in [0, 0.05) is 17.5 Å². The highest BCUT2D eigenvalue weighted by molar-refractivity contribution is 5.91. The Balaban J connectivity index is 2.04. The summed E-state index contributed by atoms with van der Waals surface area (Å²) in [7, 11) is 1.52. The quantitative estimate of drug-likeness (QED) is 0.755. The van der Waals surface area contributed by atoms with Gasteiger partial charge in [0.2, 0.25) is 0 Å². The summed E-state index contributed by atoms with van der Waals surface area (Å²) < 4.78 is 5.17. The van der Waals surface area contributed by atoms with Crippen molar-refractivity contribution >= 4 is 16.7 Å². The lowest BCUT2D eigenvalue weighted by atomic mass is 10.1. The number of phenols is 1. The van der Waals surface area contributed by atoms with Gasteiger partial charge in [0.05, 0.1) is 12.6 Å². The first kappa shape index (κ1) is 16.1. The second-order valence-electron chi connectivity index (χ2n) is 5.94. The minimum atomic E-state index is 0.0729. The molecule has 124 valence electrons. The normalized spacial score (nSPS) is 12.2. The molecule has 0 bridgehead atoms. The Morgan fingerprint density at radius 2 is 1.92 bits per heavy atom. The summed E-state index contributed by atoms with van der Waals surface area (Å²) in [6, 6.07) is 11.8. The molecule has 0 unspecified atom stereocenters. The van der Waals surface area contributed by atoms with Gasteiger partial charge in [0.15, 0.2) is 11.5 Å². The summed E-state index contributed by atoms with van der Waals surface area (Å²) in [6.45, 7) is 6.01. The van der Waals surface area contributed by atoms with E-state index in [4.69, 9.17) is 4.74 Å². The van der Waals surface area contributed by atoms with E-state index in [0.717, 1.165) is 10.9 Å². The van der Waals surface area contributed by atoms with E-state index in [2.05, 4.69) is 47.3 Å². The number of rotatable bonds is 4. The molecule has 0 spiro atoms. The molecule has 0 saturated heterocycles. The maximum absolute atomic E-state index is 10.1. The number of ether oxygens (including phenoxy) is 1. The molecule has 0 aliphatic carbocycles. The molecule has 1 aromatic heterocycles. The molecule has 0 fully saturated rings. The van der Waals surface area contributed by atoms with Crippen molar-refractivity contribution in [3.63, 3.8) is 0 Å². The molecule has 3 aromatic rings. The van der Waals surface area contributed by atoms with Crippen molar-refractivity contribution in [2.45, 2.75) is 26.8 Å². The number of aromatic nitrogens is 2. The number of benzene rings is 2. The summed E-state index contributed by atoms with van der Waals surface area (Å²) in [4.78, 5) is 8.95. The lowest BCUT2D eigenvalue weighted by Gasteiger charge is -2.17. The molecule has 0 amide bonds. The molecule has 0 radical (unpaired) electrons. The number of nitrogens with one attached hydrogen (secondary N) is 1. The largest absolute Gasteiger partial charge is 0.504 e. The van der Waals surface area contributed by atoms with E-state index >= 15 is 0 Å². The molecule has 0 saturated carbocycles. The van der Waals surface area contributed by atoms with Gasteiger partial charge in [-0.3, -0.25) is 0 Å². The predicted molar refractivity (Wildman–Crippen MR) is 95.7 cm³/mol. The van der Waals surface area contributed by atoms with E-state index in [-0.39, 0.29) is 11.8 Å². The third-order valence-electron chi connectivity index (χ3n) is 4.00. The summed E-state index contributed by atoms with van der Waals surface area (Å²) in [6.07, 6.45) is 0.